The van der Waals surface area contributed by atoms with Crippen molar-refractivity contribution in [2.75, 3.05) is 11.4 Å². The number of aromatic nitrogens is 1. The highest BCUT2D eigenvalue weighted by Crippen LogP contribution is 2.28. The topological polar surface area (TPSA) is 33.2 Å². The smallest absolute Gasteiger partial charge is 0.227 e. The van der Waals surface area contributed by atoms with Crippen LogP contribution in [-0.4, -0.2) is 17.4 Å². The van der Waals surface area contributed by atoms with Crippen LogP contribution in [-0.2, 0) is 4.79 Å². The van der Waals surface area contributed by atoms with Crippen molar-refractivity contribution >= 4 is 23.2 Å². The molecule has 20 heavy (non-hydrogen) atoms. The molecule has 1 aromatic heterocycles. The van der Waals surface area contributed by atoms with E-state index in [1.54, 1.807) is 6.20 Å². The van der Waals surface area contributed by atoms with Gasteiger partial charge in [0.1, 0.15) is 5.15 Å². The number of pyridine rings is 1. The first-order valence-electron chi connectivity index (χ1n) is 6.68. The molecule has 2 aromatic rings. The minimum absolute atomic E-state index is 0.210. The maximum absolute atomic E-state index is 11.7. The summed E-state index contributed by atoms with van der Waals surface area (Å²) in [7, 11) is 0. The van der Waals surface area contributed by atoms with Gasteiger partial charge in [-0.3, -0.25) is 4.79 Å². The second-order valence-electron chi connectivity index (χ2n) is 5.02. The van der Waals surface area contributed by atoms with Gasteiger partial charge in [-0.1, -0.05) is 23.7 Å². The van der Waals surface area contributed by atoms with Crippen LogP contribution < -0.4 is 4.90 Å². The lowest BCUT2D eigenvalue weighted by Crippen LogP contribution is -2.23. The van der Waals surface area contributed by atoms with E-state index in [2.05, 4.69) is 4.98 Å². The van der Waals surface area contributed by atoms with Gasteiger partial charge < -0.3 is 4.90 Å². The Kier molecular flexibility index (Phi) is 3.45. The van der Waals surface area contributed by atoms with Gasteiger partial charge in [0, 0.05) is 30.4 Å². The molecule has 3 nitrogen and oxygen atoms in total. The number of halogens is 1. The third-order valence-corrected chi connectivity index (χ3v) is 3.85. The minimum atomic E-state index is 0.210. The molecule has 0 radical (unpaired) electrons. The molecule has 3 rings (SSSR count). The summed E-state index contributed by atoms with van der Waals surface area (Å²) in [6.07, 6.45) is 3.39. The van der Waals surface area contributed by atoms with Gasteiger partial charge in [-0.05, 0) is 42.7 Å². The van der Waals surface area contributed by atoms with E-state index in [1.165, 1.54) is 0 Å². The quantitative estimate of drug-likeness (QED) is 0.786. The van der Waals surface area contributed by atoms with Gasteiger partial charge in [0.25, 0.3) is 0 Å². The van der Waals surface area contributed by atoms with E-state index >= 15 is 0 Å². The van der Waals surface area contributed by atoms with Crippen molar-refractivity contribution < 1.29 is 4.79 Å². The van der Waals surface area contributed by atoms with Crippen molar-refractivity contribution in [1.29, 1.82) is 0 Å². The molecule has 0 N–H and O–H groups in total. The molecule has 0 bridgehead atoms. The van der Waals surface area contributed by atoms with Crippen LogP contribution >= 0.6 is 11.6 Å². The summed E-state index contributed by atoms with van der Waals surface area (Å²) in [4.78, 5) is 17.7. The van der Waals surface area contributed by atoms with E-state index < -0.39 is 0 Å². The number of nitrogens with zero attached hydrogens (tertiary/aromatic N) is 2. The maximum Gasteiger partial charge on any atom is 0.227 e. The lowest BCUT2D eigenvalue weighted by atomic mass is 10.0. The van der Waals surface area contributed by atoms with Gasteiger partial charge in [-0.25, -0.2) is 4.98 Å². The summed E-state index contributed by atoms with van der Waals surface area (Å²) >= 11 is 5.88. The number of anilines is 1. The Balaban J connectivity index is 1.91. The van der Waals surface area contributed by atoms with Gasteiger partial charge in [0.15, 0.2) is 0 Å². The van der Waals surface area contributed by atoms with Gasteiger partial charge in [0.2, 0.25) is 5.91 Å². The first kappa shape index (κ1) is 13.1. The highest BCUT2D eigenvalue weighted by atomic mass is 35.5. The van der Waals surface area contributed by atoms with Gasteiger partial charge in [-0.2, -0.15) is 0 Å². The third-order valence-electron chi connectivity index (χ3n) is 3.64. The fourth-order valence-electron chi connectivity index (χ4n) is 2.57. The second-order valence-corrected chi connectivity index (χ2v) is 5.41. The van der Waals surface area contributed by atoms with E-state index in [1.807, 2.05) is 42.2 Å². The van der Waals surface area contributed by atoms with E-state index in [4.69, 9.17) is 11.6 Å². The van der Waals surface area contributed by atoms with Crippen molar-refractivity contribution in [3.63, 3.8) is 0 Å². The van der Waals surface area contributed by atoms with Crippen LogP contribution in [0.5, 0.6) is 0 Å². The van der Waals surface area contributed by atoms with Crippen molar-refractivity contribution in [3.8, 4) is 11.1 Å². The number of benzene rings is 1. The SMILES string of the molecule is Cc1cc(Cl)ncc1-c1ccc(N2CCCC2=O)cc1. The predicted octanol–water partition coefficient (Wildman–Crippen LogP) is 3.84. The van der Waals surface area contributed by atoms with Crippen LogP contribution in [0.4, 0.5) is 5.69 Å². The summed E-state index contributed by atoms with van der Waals surface area (Å²) in [5, 5.41) is 0.505. The van der Waals surface area contributed by atoms with Crippen LogP contribution in [0.25, 0.3) is 11.1 Å². The van der Waals surface area contributed by atoms with Gasteiger partial charge >= 0.3 is 0 Å². The maximum atomic E-state index is 11.7. The molecule has 1 saturated heterocycles. The fourth-order valence-corrected chi connectivity index (χ4v) is 2.78. The zero-order valence-corrected chi connectivity index (χ0v) is 12.0. The van der Waals surface area contributed by atoms with E-state index in [0.29, 0.717) is 11.6 Å². The summed E-state index contributed by atoms with van der Waals surface area (Å²) in [5.41, 5.74) is 4.21. The van der Waals surface area contributed by atoms with Gasteiger partial charge in [0.05, 0.1) is 0 Å². The molecular weight excluding hydrogens is 272 g/mol. The lowest BCUT2D eigenvalue weighted by Gasteiger charge is -2.16. The van der Waals surface area contributed by atoms with Crippen LogP contribution in [0, 0.1) is 6.92 Å². The summed E-state index contributed by atoms with van der Waals surface area (Å²) in [6, 6.07) is 9.89. The normalized spacial score (nSPS) is 14.9. The van der Waals surface area contributed by atoms with Crippen LogP contribution in [0.1, 0.15) is 18.4 Å². The minimum Gasteiger partial charge on any atom is -0.312 e. The first-order valence-corrected chi connectivity index (χ1v) is 7.06. The first-order chi connectivity index (χ1) is 9.65. The molecule has 1 fully saturated rings. The van der Waals surface area contributed by atoms with Crippen molar-refractivity contribution in [2.45, 2.75) is 19.8 Å². The Morgan fingerprint density at radius 3 is 2.60 bits per heavy atom. The molecule has 102 valence electrons. The zero-order valence-electron chi connectivity index (χ0n) is 11.3. The monoisotopic (exact) mass is 286 g/mol. The van der Waals surface area contributed by atoms with E-state index in [0.717, 1.165) is 35.3 Å². The number of aryl methyl sites for hydroxylation is 1. The molecule has 0 unspecified atom stereocenters. The summed E-state index contributed by atoms with van der Waals surface area (Å²) in [5.74, 6) is 0.210. The summed E-state index contributed by atoms with van der Waals surface area (Å²) < 4.78 is 0. The highest BCUT2D eigenvalue weighted by molar-refractivity contribution is 6.29. The number of carbonyl (C=O) groups is 1. The largest absolute Gasteiger partial charge is 0.312 e. The molecule has 1 amide bonds. The van der Waals surface area contributed by atoms with Crippen LogP contribution in [0.15, 0.2) is 36.5 Å². The highest BCUT2D eigenvalue weighted by Gasteiger charge is 2.21. The van der Waals surface area contributed by atoms with Gasteiger partial charge in [-0.15, -0.1) is 0 Å². The molecule has 2 heterocycles. The van der Waals surface area contributed by atoms with Crippen LogP contribution in [0.2, 0.25) is 5.15 Å². The van der Waals surface area contributed by atoms with E-state index in [-0.39, 0.29) is 5.91 Å². The molecule has 1 aliphatic rings. The number of rotatable bonds is 2. The predicted molar refractivity (Wildman–Crippen MR) is 81.0 cm³/mol. The number of carbonyl (C=O) groups excluding carboxylic acids is 1. The molecule has 4 heteroatoms. The summed E-state index contributed by atoms with van der Waals surface area (Å²) in [6.45, 7) is 2.83. The zero-order chi connectivity index (χ0) is 14.1. The Morgan fingerprint density at radius 1 is 1.25 bits per heavy atom. The molecule has 0 spiro atoms. The van der Waals surface area contributed by atoms with Crippen molar-refractivity contribution in [3.05, 3.63) is 47.2 Å². The molecule has 0 atom stereocenters. The number of hydrogen-bond acceptors (Lipinski definition) is 2. The molecule has 0 saturated carbocycles. The molecule has 1 aromatic carbocycles. The molecular formula is C16H15ClN2O. The Labute approximate surface area is 123 Å². The molecule has 1 aliphatic heterocycles. The Hall–Kier alpha value is -1.87. The lowest BCUT2D eigenvalue weighted by molar-refractivity contribution is -0.117. The van der Waals surface area contributed by atoms with Crippen LogP contribution in [0.3, 0.4) is 0 Å². The third kappa shape index (κ3) is 2.41. The Bertz CT molecular complexity index is 652. The second kappa shape index (κ2) is 5.25. The number of amides is 1. The standard InChI is InChI=1S/C16H15ClN2O/c1-11-9-15(17)18-10-14(11)12-4-6-13(7-5-12)19-8-2-3-16(19)20/h4-7,9-10H,2-3,8H2,1H3. The average Bonchev–Trinajstić information content (AvgIpc) is 2.85. The van der Waals surface area contributed by atoms with E-state index in [9.17, 15) is 4.79 Å². The molecule has 0 aliphatic carbocycles. The fraction of sp³-hybridized carbons (Fsp3) is 0.250. The van der Waals surface area contributed by atoms with Crippen molar-refractivity contribution in [1.82, 2.24) is 4.98 Å². The Morgan fingerprint density at radius 2 is 2.00 bits per heavy atom. The van der Waals surface area contributed by atoms with Crippen molar-refractivity contribution in [2.24, 2.45) is 0 Å². The average molecular weight is 287 g/mol. The number of hydrogen-bond donors (Lipinski definition) is 0.